The maximum atomic E-state index is 15.5. The van der Waals surface area contributed by atoms with Gasteiger partial charge in [0.1, 0.15) is 19.0 Å². The van der Waals surface area contributed by atoms with E-state index in [1.807, 2.05) is 23.1 Å². The first kappa shape index (κ1) is 23.9. The number of hydrogen-bond acceptors (Lipinski definition) is 5. The molecule has 6 nitrogen and oxygen atoms in total. The fraction of sp³-hybridized carbons (Fsp3) is 0.308. The molecule has 2 aromatic carbocycles. The Labute approximate surface area is 205 Å². The Balaban J connectivity index is 1.31. The minimum absolute atomic E-state index is 0.197. The first-order valence-electron chi connectivity index (χ1n) is 11.7. The number of rotatable bonds is 7. The zero-order valence-electron chi connectivity index (χ0n) is 19.4. The van der Waals surface area contributed by atoms with Crippen LogP contribution in [0.15, 0.2) is 67.5 Å². The van der Waals surface area contributed by atoms with Crippen LogP contribution in [0.1, 0.15) is 46.8 Å². The van der Waals surface area contributed by atoms with Gasteiger partial charge in [-0.05, 0) is 54.5 Å². The molecule has 186 valence electrons. The van der Waals surface area contributed by atoms with E-state index in [2.05, 4.69) is 26.1 Å². The lowest BCUT2D eigenvalue weighted by atomic mass is 10.0. The van der Waals surface area contributed by atoms with Gasteiger partial charge in [-0.25, -0.2) is 24.0 Å². The molecule has 1 atom stereocenters. The zero-order chi connectivity index (χ0) is 25.1. The average Bonchev–Trinajstić information content (AvgIpc) is 3.56. The van der Waals surface area contributed by atoms with E-state index >= 15 is 4.39 Å². The van der Waals surface area contributed by atoms with Crippen LogP contribution in [-0.2, 0) is 25.6 Å². The van der Waals surface area contributed by atoms with Crippen molar-refractivity contribution in [1.29, 1.82) is 0 Å². The number of hydrogen-bond donors (Lipinski definition) is 0. The third kappa shape index (κ3) is 5.22. The molecule has 0 saturated carbocycles. The van der Waals surface area contributed by atoms with Gasteiger partial charge < -0.3 is 4.90 Å². The number of nitrogens with zero attached hydrogens (tertiary/aromatic N) is 6. The van der Waals surface area contributed by atoms with Gasteiger partial charge in [-0.3, -0.25) is 0 Å². The highest BCUT2D eigenvalue weighted by molar-refractivity contribution is 5.46. The number of aromatic nitrogens is 5. The van der Waals surface area contributed by atoms with Crippen molar-refractivity contribution in [1.82, 2.24) is 24.7 Å². The Hall–Kier alpha value is -3.82. The maximum Gasteiger partial charge on any atom is 0.416 e. The summed E-state index contributed by atoms with van der Waals surface area (Å²) in [6.45, 7) is 1.17. The lowest BCUT2D eigenvalue weighted by Gasteiger charge is -2.27. The van der Waals surface area contributed by atoms with E-state index < -0.39 is 17.6 Å². The number of alkyl halides is 3. The van der Waals surface area contributed by atoms with Crippen molar-refractivity contribution in [3.63, 3.8) is 0 Å². The smallest absolute Gasteiger partial charge is 0.347 e. The fourth-order valence-corrected chi connectivity index (χ4v) is 4.68. The first-order valence-corrected chi connectivity index (χ1v) is 11.7. The van der Waals surface area contributed by atoms with Gasteiger partial charge in [-0.1, -0.05) is 36.4 Å². The van der Waals surface area contributed by atoms with Gasteiger partial charge in [-0.15, -0.1) is 0 Å². The van der Waals surface area contributed by atoms with Crippen LogP contribution >= 0.6 is 0 Å². The molecule has 1 unspecified atom stereocenters. The molecule has 1 saturated heterocycles. The van der Waals surface area contributed by atoms with Crippen molar-refractivity contribution in [3.8, 4) is 0 Å². The second-order valence-electron chi connectivity index (χ2n) is 8.84. The number of aryl methyl sites for hydroxylation is 2. The van der Waals surface area contributed by atoms with Crippen LogP contribution in [0.4, 0.5) is 23.4 Å². The monoisotopic (exact) mass is 496 g/mol. The van der Waals surface area contributed by atoms with E-state index in [0.29, 0.717) is 43.6 Å². The molecule has 10 heteroatoms. The van der Waals surface area contributed by atoms with E-state index in [-0.39, 0.29) is 11.9 Å². The number of anilines is 1. The van der Waals surface area contributed by atoms with Crippen LogP contribution < -0.4 is 4.90 Å². The van der Waals surface area contributed by atoms with Gasteiger partial charge in [-0.2, -0.15) is 18.3 Å². The van der Waals surface area contributed by atoms with E-state index in [0.717, 1.165) is 29.7 Å². The minimum atomic E-state index is -4.39. The summed E-state index contributed by atoms with van der Waals surface area (Å²) < 4.78 is 56.1. The largest absolute Gasteiger partial charge is 0.416 e. The van der Waals surface area contributed by atoms with Crippen LogP contribution in [0.2, 0.25) is 0 Å². The molecule has 1 aliphatic heterocycles. The molecule has 5 rings (SSSR count). The molecule has 4 aromatic rings. The second kappa shape index (κ2) is 10.0. The lowest BCUT2D eigenvalue weighted by molar-refractivity contribution is -0.137. The van der Waals surface area contributed by atoms with Crippen molar-refractivity contribution in [2.24, 2.45) is 0 Å². The summed E-state index contributed by atoms with van der Waals surface area (Å²) >= 11 is 0. The Bertz CT molecular complexity index is 1310. The van der Waals surface area contributed by atoms with E-state index in [9.17, 15) is 13.2 Å². The lowest BCUT2D eigenvalue weighted by Crippen LogP contribution is -2.25. The summed E-state index contributed by atoms with van der Waals surface area (Å²) in [5, 5.41) is 4.12. The molecule has 3 heterocycles. The van der Waals surface area contributed by atoms with Crippen LogP contribution in [0, 0.1) is 5.82 Å². The van der Waals surface area contributed by atoms with Gasteiger partial charge in [0.05, 0.1) is 23.8 Å². The summed E-state index contributed by atoms with van der Waals surface area (Å²) in [7, 11) is 0. The van der Waals surface area contributed by atoms with Gasteiger partial charge in [0.2, 0.25) is 0 Å². The summed E-state index contributed by atoms with van der Waals surface area (Å²) in [4.78, 5) is 14.2. The molecule has 2 aromatic heterocycles. The predicted octanol–water partition coefficient (Wildman–Crippen LogP) is 5.40. The predicted molar refractivity (Wildman–Crippen MR) is 126 cm³/mol. The third-order valence-corrected chi connectivity index (χ3v) is 6.44. The highest BCUT2D eigenvalue weighted by atomic mass is 19.4. The normalized spacial score (nSPS) is 16.0. The summed E-state index contributed by atoms with van der Waals surface area (Å²) in [6.07, 6.45) is 2.61. The Kier molecular flexibility index (Phi) is 6.67. The minimum Gasteiger partial charge on any atom is -0.347 e. The molecule has 0 aliphatic carbocycles. The standard InChI is InChI=1S/C26H24F4N6/c27-24-22(11-6-18-3-1-4-19(13-18)14-35-17-31-15-34-35)32-16-33-25(24)36-12-2-5-23(36)20-7-9-21(10-8-20)26(28,29)30/h1,3-4,7-10,13,15-17,23H,2,5-6,11-12,14H2. The maximum absolute atomic E-state index is 15.5. The van der Waals surface area contributed by atoms with Gasteiger partial charge in [0.15, 0.2) is 11.6 Å². The van der Waals surface area contributed by atoms with Gasteiger partial charge in [0.25, 0.3) is 0 Å². The molecule has 0 bridgehead atoms. The molecule has 1 aliphatic rings. The highest BCUT2D eigenvalue weighted by Crippen LogP contribution is 2.38. The highest BCUT2D eigenvalue weighted by Gasteiger charge is 2.33. The van der Waals surface area contributed by atoms with Gasteiger partial charge in [0, 0.05) is 6.54 Å². The van der Waals surface area contributed by atoms with Crippen molar-refractivity contribution in [3.05, 3.63) is 101 Å². The summed E-state index contributed by atoms with van der Waals surface area (Å²) in [6, 6.07) is 12.9. The second-order valence-corrected chi connectivity index (χ2v) is 8.84. The third-order valence-electron chi connectivity index (χ3n) is 6.44. The number of halogens is 4. The zero-order valence-corrected chi connectivity index (χ0v) is 19.4. The molecular formula is C26H24F4N6. The summed E-state index contributed by atoms with van der Waals surface area (Å²) in [5.41, 5.74) is 2.45. The van der Waals surface area contributed by atoms with Crippen molar-refractivity contribution < 1.29 is 17.6 Å². The van der Waals surface area contributed by atoms with Gasteiger partial charge >= 0.3 is 6.18 Å². The Morgan fingerprint density at radius 3 is 2.50 bits per heavy atom. The topological polar surface area (TPSA) is 59.7 Å². The SMILES string of the molecule is Fc1c(CCc2cccc(Cn3cncn3)c2)ncnc1N1CCCC1c1ccc(C(F)(F)F)cc1. The fourth-order valence-electron chi connectivity index (χ4n) is 4.68. The molecule has 0 amide bonds. The van der Waals surface area contributed by atoms with Crippen molar-refractivity contribution in [2.45, 2.75) is 44.4 Å². The Morgan fingerprint density at radius 2 is 1.75 bits per heavy atom. The van der Waals surface area contributed by atoms with E-state index in [1.165, 1.54) is 24.8 Å². The van der Waals surface area contributed by atoms with Crippen molar-refractivity contribution >= 4 is 5.82 Å². The molecule has 0 radical (unpaired) electrons. The summed E-state index contributed by atoms with van der Waals surface area (Å²) in [5.74, 6) is -0.280. The molecule has 0 N–H and O–H groups in total. The quantitative estimate of drug-likeness (QED) is 0.321. The van der Waals surface area contributed by atoms with Crippen molar-refractivity contribution in [2.75, 3.05) is 11.4 Å². The average molecular weight is 497 g/mol. The van der Waals surface area contributed by atoms with Crippen LogP contribution in [-0.4, -0.2) is 31.3 Å². The molecule has 1 fully saturated rings. The molecular weight excluding hydrogens is 472 g/mol. The van der Waals surface area contributed by atoms with Crippen LogP contribution in [0.3, 0.4) is 0 Å². The first-order chi connectivity index (χ1) is 17.4. The molecule has 36 heavy (non-hydrogen) atoms. The van der Waals surface area contributed by atoms with E-state index in [4.69, 9.17) is 0 Å². The Morgan fingerprint density at radius 1 is 0.944 bits per heavy atom. The number of benzene rings is 2. The van der Waals surface area contributed by atoms with Crippen LogP contribution in [0.5, 0.6) is 0 Å². The van der Waals surface area contributed by atoms with Crippen LogP contribution in [0.25, 0.3) is 0 Å². The molecule has 0 spiro atoms. The van der Waals surface area contributed by atoms with E-state index in [1.54, 1.807) is 11.0 Å².